The predicted molar refractivity (Wildman–Crippen MR) is 222 cm³/mol. The monoisotopic (exact) mass is 757 g/mol. The van der Waals surface area contributed by atoms with E-state index in [1.165, 1.54) is 102 Å². The van der Waals surface area contributed by atoms with Crippen molar-refractivity contribution in [2.75, 3.05) is 32.7 Å². The highest BCUT2D eigenvalue weighted by Crippen LogP contribution is 2.78. The normalized spacial score (nSPS) is 40.3. The van der Waals surface area contributed by atoms with Gasteiger partial charge in [-0.2, -0.15) is 0 Å². The fourth-order valence-electron chi connectivity index (χ4n) is 15.4. The zero-order valence-corrected chi connectivity index (χ0v) is 36.1. The summed E-state index contributed by atoms with van der Waals surface area (Å²) in [6.45, 7) is 30.7. The van der Waals surface area contributed by atoms with E-state index in [1.54, 1.807) is 0 Å². The number of ether oxygens (including phenoxy) is 1. The summed E-state index contributed by atoms with van der Waals surface area (Å²) < 4.78 is 6.33. The van der Waals surface area contributed by atoms with E-state index in [4.69, 9.17) is 4.74 Å². The number of rotatable bonds is 11. The third-order valence-electron chi connectivity index (χ3n) is 18.3. The number of allylic oxidation sites excluding steroid dienone is 1. The van der Waals surface area contributed by atoms with Gasteiger partial charge in [-0.05, 0) is 146 Å². The molecular formula is C49H76N2O4. The number of fused-ring (bicyclic) bond motifs is 7. The maximum atomic E-state index is 13.3. The van der Waals surface area contributed by atoms with Crippen LogP contribution in [0.5, 0.6) is 0 Å². The molecule has 0 unspecified atom stereocenters. The van der Waals surface area contributed by atoms with Gasteiger partial charge in [-0.25, -0.2) is 0 Å². The molecule has 306 valence electrons. The molecule has 55 heavy (non-hydrogen) atoms. The Labute approximate surface area is 334 Å². The summed E-state index contributed by atoms with van der Waals surface area (Å²) >= 11 is 0. The minimum absolute atomic E-state index is 0.0289. The largest absolute Gasteiger partial charge is 0.481 e. The van der Waals surface area contributed by atoms with Crippen molar-refractivity contribution in [1.82, 2.24) is 9.80 Å². The van der Waals surface area contributed by atoms with Crippen molar-refractivity contribution in [3.63, 3.8) is 0 Å². The number of carboxylic acid groups (broad SMARTS) is 1. The van der Waals surface area contributed by atoms with Crippen molar-refractivity contribution in [2.24, 2.45) is 62.1 Å². The van der Waals surface area contributed by atoms with E-state index in [-0.39, 0.29) is 35.7 Å². The van der Waals surface area contributed by atoms with Gasteiger partial charge in [0.1, 0.15) is 6.10 Å². The molecule has 0 radical (unpaired) electrons. The maximum absolute atomic E-state index is 13.3. The number of piperazine rings is 1. The Morgan fingerprint density at radius 2 is 1.51 bits per heavy atom. The van der Waals surface area contributed by atoms with Gasteiger partial charge in [-0.15, -0.1) is 0 Å². The molecule has 0 amide bonds. The smallest absolute Gasteiger partial charge is 0.306 e. The number of aliphatic carboxylic acids is 1. The van der Waals surface area contributed by atoms with Crippen LogP contribution in [0.4, 0.5) is 0 Å². The molecule has 5 aliphatic carbocycles. The summed E-state index contributed by atoms with van der Waals surface area (Å²) in [4.78, 5) is 30.2. The molecule has 1 heterocycles. The Morgan fingerprint density at radius 1 is 0.818 bits per heavy atom. The molecule has 0 aromatic heterocycles. The second-order valence-electron chi connectivity index (χ2n) is 22.2. The lowest BCUT2D eigenvalue weighted by Gasteiger charge is -2.73. The minimum atomic E-state index is -0.865. The second kappa shape index (κ2) is 14.9. The molecule has 6 nitrogen and oxygen atoms in total. The van der Waals surface area contributed by atoms with Gasteiger partial charge in [0.2, 0.25) is 0 Å². The molecule has 0 bridgehead atoms. The average Bonchev–Trinajstić information content (AvgIpc) is 3.49. The van der Waals surface area contributed by atoms with Crippen LogP contribution in [0.3, 0.4) is 0 Å². The van der Waals surface area contributed by atoms with Crippen LogP contribution in [0.1, 0.15) is 144 Å². The number of carbonyl (C=O) groups is 2. The van der Waals surface area contributed by atoms with Crippen molar-refractivity contribution in [3.05, 3.63) is 48.0 Å². The first kappa shape index (κ1) is 41.0. The molecule has 7 rings (SSSR count). The maximum Gasteiger partial charge on any atom is 0.306 e. The van der Waals surface area contributed by atoms with Crippen LogP contribution in [-0.2, 0) is 20.9 Å². The quantitative estimate of drug-likeness (QED) is 0.179. The summed E-state index contributed by atoms with van der Waals surface area (Å²) in [7, 11) is 0. The molecule has 5 saturated carbocycles. The van der Waals surface area contributed by atoms with Crippen molar-refractivity contribution >= 4 is 11.9 Å². The molecule has 1 aromatic rings. The molecule has 1 N–H and O–H groups in total. The highest BCUT2D eigenvalue weighted by Gasteiger charge is 2.71. The van der Waals surface area contributed by atoms with Crippen LogP contribution in [0.2, 0.25) is 0 Å². The minimum Gasteiger partial charge on any atom is -0.481 e. The van der Waals surface area contributed by atoms with E-state index in [0.717, 1.165) is 31.2 Å². The van der Waals surface area contributed by atoms with Crippen molar-refractivity contribution in [1.29, 1.82) is 0 Å². The SMILES string of the molecule is C=C(C)[C@@H]1CC[C@]2(CCN3CCN(Cc4ccccc4)CC3)CC[C@]3(C)[C@H](CC[C@@H]4[C@@]5(C)CC[C@H](OC(=O)CC(C)(C)CC(=O)O)C(C)(C)[C@@H]5CC[C@]43C)[C@@H]12. The van der Waals surface area contributed by atoms with Gasteiger partial charge in [0.25, 0.3) is 0 Å². The third-order valence-corrected chi connectivity index (χ3v) is 18.3. The zero-order chi connectivity index (χ0) is 39.6. The summed E-state index contributed by atoms with van der Waals surface area (Å²) in [6.07, 6.45) is 14.0. The van der Waals surface area contributed by atoms with Gasteiger partial charge in [0, 0.05) is 38.1 Å². The Balaban J connectivity index is 1.05. The average molecular weight is 757 g/mol. The molecular weight excluding hydrogens is 681 g/mol. The molecule has 6 heteroatoms. The fraction of sp³-hybridized carbons (Fsp3) is 0.796. The number of hydrogen-bond acceptors (Lipinski definition) is 5. The van der Waals surface area contributed by atoms with E-state index in [2.05, 4.69) is 88.3 Å². The number of hydrogen-bond donors (Lipinski definition) is 1. The lowest BCUT2D eigenvalue weighted by atomic mass is 9.32. The molecule has 1 aromatic carbocycles. The van der Waals surface area contributed by atoms with Crippen LogP contribution in [0.25, 0.3) is 0 Å². The summed E-state index contributed by atoms with van der Waals surface area (Å²) in [5.74, 6) is 2.25. The number of benzene rings is 1. The summed E-state index contributed by atoms with van der Waals surface area (Å²) in [5, 5.41) is 9.38. The van der Waals surface area contributed by atoms with Crippen LogP contribution in [0.15, 0.2) is 42.5 Å². The highest BCUT2D eigenvalue weighted by atomic mass is 16.5. The number of carbonyl (C=O) groups excluding carboxylic acids is 1. The summed E-state index contributed by atoms with van der Waals surface area (Å²) in [5.41, 5.74) is 3.42. The highest BCUT2D eigenvalue weighted by molar-refractivity contribution is 5.73. The Hall–Kier alpha value is -2.18. The first-order chi connectivity index (χ1) is 25.8. The first-order valence-corrected chi connectivity index (χ1v) is 22.4. The number of esters is 1. The fourth-order valence-corrected chi connectivity index (χ4v) is 15.4. The topological polar surface area (TPSA) is 70.1 Å². The predicted octanol–water partition coefficient (Wildman–Crippen LogP) is 10.7. The molecule has 1 saturated heterocycles. The van der Waals surface area contributed by atoms with Gasteiger partial charge in [-0.3, -0.25) is 14.5 Å². The third kappa shape index (κ3) is 7.29. The number of carboxylic acids is 1. The van der Waals surface area contributed by atoms with E-state index in [0.29, 0.717) is 34.0 Å². The Bertz CT molecular complexity index is 1580. The Kier molecular flexibility index (Phi) is 11.1. The van der Waals surface area contributed by atoms with Gasteiger partial charge < -0.3 is 14.7 Å². The van der Waals surface area contributed by atoms with Gasteiger partial charge in [-0.1, -0.05) is 91.0 Å². The number of nitrogens with zero attached hydrogens (tertiary/aromatic N) is 2. The van der Waals surface area contributed by atoms with Crippen molar-refractivity contribution in [3.8, 4) is 0 Å². The van der Waals surface area contributed by atoms with Crippen molar-refractivity contribution < 1.29 is 19.4 Å². The van der Waals surface area contributed by atoms with E-state index in [9.17, 15) is 14.7 Å². The van der Waals surface area contributed by atoms with Crippen molar-refractivity contribution in [2.45, 2.75) is 152 Å². The van der Waals surface area contributed by atoms with Crippen LogP contribution < -0.4 is 0 Å². The van der Waals surface area contributed by atoms with Gasteiger partial charge in [0.15, 0.2) is 0 Å². The first-order valence-electron chi connectivity index (χ1n) is 22.4. The van der Waals surface area contributed by atoms with E-state index >= 15 is 0 Å². The van der Waals surface area contributed by atoms with E-state index in [1.807, 2.05) is 13.8 Å². The van der Waals surface area contributed by atoms with E-state index < -0.39 is 11.4 Å². The zero-order valence-electron chi connectivity index (χ0n) is 36.1. The van der Waals surface area contributed by atoms with Crippen LogP contribution in [-0.4, -0.2) is 65.7 Å². The molecule has 6 fully saturated rings. The molecule has 6 aliphatic rings. The van der Waals surface area contributed by atoms with Crippen LogP contribution >= 0.6 is 0 Å². The molecule has 0 spiro atoms. The molecule has 10 atom stereocenters. The van der Waals surface area contributed by atoms with Gasteiger partial charge in [0.05, 0.1) is 12.8 Å². The van der Waals surface area contributed by atoms with Crippen LogP contribution in [0, 0.1) is 62.1 Å². The summed E-state index contributed by atoms with van der Waals surface area (Å²) in [6, 6.07) is 11.0. The standard InChI is InChI=1S/C49H76N2O4/c1-34(2)36-17-22-49(25-26-50-27-29-51(30-28-50)33-35-13-11-10-12-14-35)24-23-47(8)37(43(36)49)15-16-39-46(7)20-19-40(45(5,6)38(46)18-21-48(39,47)9)55-42(54)32-44(3,4)31-41(52)53/h10-14,36-40,43H,1,15-33H2,2-9H3,(H,52,53)/t36-,37+,38-,39+,40-,43+,46-,47+,48+,49+/m0/s1. The lowest BCUT2D eigenvalue weighted by Crippen LogP contribution is -2.66. The second-order valence-corrected chi connectivity index (χ2v) is 22.2. The van der Waals surface area contributed by atoms with Gasteiger partial charge >= 0.3 is 11.9 Å². The lowest BCUT2D eigenvalue weighted by molar-refractivity contribution is -0.250. The Morgan fingerprint density at radius 3 is 2.18 bits per heavy atom. The molecule has 1 aliphatic heterocycles.